The first-order valence-electron chi connectivity index (χ1n) is 7.85. The Kier molecular flexibility index (Phi) is 5.92. The highest BCUT2D eigenvalue weighted by atomic mass is 16.5. The molecular weight excluding hydrogens is 314 g/mol. The summed E-state index contributed by atoms with van der Waals surface area (Å²) in [7, 11) is 0. The molecule has 1 saturated heterocycles. The van der Waals surface area contributed by atoms with Crippen molar-refractivity contribution in [2.75, 3.05) is 6.54 Å². The van der Waals surface area contributed by atoms with Gasteiger partial charge in [-0.25, -0.2) is 9.59 Å². The first-order valence-corrected chi connectivity index (χ1v) is 7.85. The van der Waals surface area contributed by atoms with Gasteiger partial charge in [0.2, 0.25) is 0 Å². The third-order valence-electron chi connectivity index (χ3n) is 4.08. The minimum atomic E-state index is -1.17. The summed E-state index contributed by atoms with van der Waals surface area (Å²) in [5.74, 6) is -2.69. The molecule has 0 saturated carbocycles. The van der Waals surface area contributed by atoms with Gasteiger partial charge >= 0.3 is 11.9 Å². The van der Waals surface area contributed by atoms with Gasteiger partial charge in [0.05, 0.1) is 0 Å². The van der Waals surface area contributed by atoms with E-state index in [2.05, 4.69) is 0 Å². The number of carboxylic acid groups (broad SMARTS) is 2. The fourth-order valence-corrected chi connectivity index (χ4v) is 2.85. The highest BCUT2D eigenvalue weighted by Gasteiger charge is 2.37. The van der Waals surface area contributed by atoms with Crippen molar-refractivity contribution in [3.8, 4) is 0 Å². The number of aliphatic carboxylic acids is 2. The zero-order valence-electron chi connectivity index (χ0n) is 13.4. The summed E-state index contributed by atoms with van der Waals surface area (Å²) in [6, 6.07) is 8.13. The number of carbonyl (C=O) groups is 3. The van der Waals surface area contributed by atoms with Gasteiger partial charge in [-0.2, -0.15) is 0 Å². The molecule has 2 N–H and O–H groups in total. The predicted octanol–water partition coefficient (Wildman–Crippen LogP) is 1.16. The van der Waals surface area contributed by atoms with Crippen molar-refractivity contribution >= 4 is 17.8 Å². The molecule has 1 fully saturated rings. The lowest BCUT2D eigenvalue weighted by atomic mass is 10.1. The molecule has 1 aromatic carbocycles. The fraction of sp³-hybridized carbons (Fsp3) is 0.471. The smallest absolute Gasteiger partial charge is 0.333 e. The number of hydrogen-bond donors (Lipinski definition) is 2. The Balaban J connectivity index is 2.02. The van der Waals surface area contributed by atoms with Crippen LogP contribution in [-0.4, -0.2) is 57.8 Å². The van der Waals surface area contributed by atoms with E-state index in [-0.39, 0.29) is 6.42 Å². The molecule has 0 aliphatic carbocycles. The minimum absolute atomic E-state index is 0.135. The molecule has 0 aromatic heterocycles. The Morgan fingerprint density at radius 3 is 2.50 bits per heavy atom. The molecule has 1 aliphatic heterocycles. The van der Waals surface area contributed by atoms with Crippen LogP contribution in [0.1, 0.15) is 25.3 Å². The monoisotopic (exact) mass is 335 g/mol. The molecule has 7 heteroatoms. The van der Waals surface area contributed by atoms with Crippen molar-refractivity contribution in [3.63, 3.8) is 0 Å². The van der Waals surface area contributed by atoms with Gasteiger partial charge < -0.3 is 19.8 Å². The normalized spacial score (nSPS) is 19.7. The molecule has 130 valence electrons. The Morgan fingerprint density at radius 1 is 1.25 bits per heavy atom. The fourth-order valence-electron chi connectivity index (χ4n) is 2.85. The first kappa shape index (κ1) is 17.9. The van der Waals surface area contributed by atoms with Gasteiger partial charge in [0, 0.05) is 13.0 Å². The third-order valence-corrected chi connectivity index (χ3v) is 4.08. The summed E-state index contributed by atoms with van der Waals surface area (Å²) >= 11 is 0. The van der Waals surface area contributed by atoms with Crippen molar-refractivity contribution in [1.29, 1.82) is 0 Å². The lowest BCUT2D eigenvalue weighted by Crippen LogP contribution is -2.47. The molecule has 3 atom stereocenters. The zero-order valence-corrected chi connectivity index (χ0v) is 13.4. The number of carboxylic acids is 2. The van der Waals surface area contributed by atoms with Crippen LogP contribution in [0.25, 0.3) is 0 Å². The van der Waals surface area contributed by atoms with Crippen LogP contribution in [0.2, 0.25) is 0 Å². The van der Waals surface area contributed by atoms with E-state index < -0.39 is 36.1 Å². The van der Waals surface area contributed by atoms with Gasteiger partial charge in [0.25, 0.3) is 5.91 Å². The number of benzene rings is 1. The van der Waals surface area contributed by atoms with Crippen molar-refractivity contribution < 1.29 is 29.3 Å². The second-order valence-electron chi connectivity index (χ2n) is 5.82. The van der Waals surface area contributed by atoms with Crippen LogP contribution >= 0.6 is 0 Å². The van der Waals surface area contributed by atoms with E-state index in [9.17, 15) is 19.5 Å². The van der Waals surface area contributed by atoms with Gasteiger partial charge in [0.1, 0.15) is 12.1 Å². The summed E-state index contributed by atoms with van der Waals surface area (Å²) in [5.41, 5.74) is 0.786. The van der Waals surface area contributed by atoms with Crippen molar-refractivity contribution in [2.24, 2.45) is 0 Å². The largest absolute Gasteiger partial charge is 0.480 e. The number of ether oxygens (including phenoxy) is 1. The standard InChI is InChI=1S/C17H21NO6/c1-11(15(19)18-9-5-8-13(18)16(20)21)24-14(17(22)23)10-12-6-3-2-4-7-12/h2-4,6-7,11,13-14H,5,8-10H2,1H3,(H,20,21)(H,22,23)/t11?,13-,14?/m0/s1. The van der Waals surface area contributed by atoms with E-state index in [1.807, 2.05) is 6.07 Å². The minimum Gasteiger partial charge on any atom is -0.480 e. The van der Waals surface area contributed by atoms with Crippen LogP contribution in [0, 0.1) is 0 Å². The summed E-state index contributed by atoms with van der Waals surface area (Å²) in [6.45, 7) is 1.81. The molecule has 2 rings (SSSR count). The Bertz CT molecular complexity index is 602. The van der Waals surface area contributed by atoms with Crippen molar-refractivity contribution in [2.45, 2.75) is 44.4 Å². The molecule has 1 heterocycles. The molecular formula is C17H21NO6. The zero-order chi connectivity index (χ0) is 17.7. The van der Waals surface area contributed by atoms with Gasteiger partial charge in [-0.15, -0.1) is 0 Å². The second kappa shape index (κ2) is 7.92. The lowest BCUT2D eigenvalue weighted by Gasteiger charge is -2.26. The van der Waals surface area contributed by atoms with Crippen LogP contribution in [-0.2, 0) is 25.5 Å². The average Bonchev–Trinajstić information content (AvgIpc) is 3.04. The number of amides is 1. The highest BCUT2D eigenvalue weighted by Crippen LogP contribution is 2.20. The quantitative estimate of drug-likeness (QED) is 0.775. The molecule has 0 spiro atoms. The molecule has 7 nitrogen and oxygen atoms in total. The van der Waals surface area contributed by atoms with Crippen LogP contribution in [0.5, 0.6) is 0 Å². The summed E-state index contributed by atoms with van der Waals surface area (Å²) in [5, 5.41) is 18.5. The number of carbonyl (C=O) groups excluding carboxylic acids is 1. The van der Waals surface area contributed by atoms with Gasteiger partial charge in [-0.05, 0) is 25.3 Å². The van der Waals surface area contributed by atoms with Crippen LogP contribution in [0.4, 0.5) is 0 Å². The number of likely N-dealkylation sites (tertiary alicyclic amines) is 1. The van der Waals surface area contributed by atoms with E-state index in [1.54, 1.807) is 24.3 Å². The molecule has 0 radical (unpaired) electrons. The summed E-state index contributed by atoms with van der Waals surface area (Å²) in [6.07, 6.45) is -1.04. The number of hydrogen-bond acceptors (Lipinski definition) is 4. The maximum absolute atomic E-state index is 12.4. The third kappa shape index (κ3) is 4.32. The molecule has 2 unspecified atom stereocenters. The number of rotatable bonds is 7. The van der Waals surface area contributed by atoms with E-state index in [0.29, 0.717) is 19.4 Å². The maximum Gasteiger partial charge on any atom is 0.333 e. The predicted molar refractivity (Wildman–Crippen MR) is 84.5 cm³/mol. The molecule has 1 aliphatic rings. The Labute approximate surface area is 139 Å². The topological polar surface area (TPSA) is 104 Å². The molecule has 24 heavy (non-hydrogen) atoms. The highest BCUT2D eigenvalue weighted by molar-refractivity contribution is 5.87. The summed E-state index contributed by atoms with van der Waals surface area (Å²) < 4.78 is 5.43. The molecule has 1 aromatic rings. The van der Waals surface area contributed by atoms with Crippen LogP contribution in [0.3, 0.4) is 0 Å². The van der Waals surface area contributed by atoms with E-state index in [0.717, 1.165) is 5.56 Å². The van der Waals surface area contributed by atoms with Gasteiger partial charge in [0.15, 0.2) is 6.10 Å². The first-order chi connectivity index (χ1) is 11.4. The summed E-state index contributed by atoms with van der Waals surface area (Å²) in [4.78, 5) is 36.3. The number of nitrogens with zero attached hydrogens (tertiary/aromatic N) is 1. The van der Waals surface area contributed by atoms with Crippen molar-refractivity contribution in [1.82, 2.24) is 4.90 Å². The Morgan fingerprint density at radius 2 is 1.92 bits per heavy atom. The molecule has 0 bridgehead atoms. The van der Waals surface area contributed by atoms with Gasteiger partial charge in [-0.1, -0.05) is 30.3 Å². The van der Waals surface area contributed by atoms with Gasteiger partial charge in [-0.3, -0.25) is 4.79 Å². The SMILES string of the molecule is CC(OC(Cc1ccccc1)C(=O)O)C(=O)N1CCC[C@H]1C(=O)O. The van der Waals surface area contributed by atoms with E-state index in [1.165, 1.54) is 11.8 Å². The Hall–Kier alpha value is -2.41. The van der Waals surface area contributed by atoms with E-state index in [4.69, 9.17) is 9.84 Å². The molecule has 1 amide bonds. The van der Waals surface area contributed by atoms with Crippen LogP contribution in [0.15, 0.2) is 30.3 Å². The second-order valence-corrected chi connectivity index (χ2v) is 5.82. The van der Waals surface area contributed by atoms with Crippen LogP contribution < -0.4 is 0 Å². The maximum atomic E-state index is 12.4. The van der Waals surface area contributed by atoms with E-state index >= 15 is 0 Å². The van der Waals surface area contributed by atoms with Crippen molar-refractivity contribution in [3.05, 3.63) is 35.9 Å². The average molecular weight is 335 g/mol. The lowest BCUT2D eigenvalue weighted by molar-refractivity contribution is -0.163.